The lowest BCUT2D eigenvalue weighted by Crippen LogP contribution is -3.13. The van der Waals surface area contributed by atoms with Crippen molar-refractivity contribution in [2.45, 2.75) is 11.4 Å². The molecule has 1 heterocycles. The van der Waals surface area contributed by atoms with Crippen LogP contribution in [0.15, 0.2) is 41.3 Å². The van der Waals surface area contributed by atoms with E-state index in [4.69, 9.17) is 9.47 Å². The Hall–Kier alpha value is -2.23. The SMILES string of the molecule is COc1ccc(OC)c(C[NH+]2CCN(S(=O)(=O)c3ccc(F)cc3F)CC2)c1. The number of hydrogen-bond donors (Lipinski definition) is 1. The largest absolute Gasteiger partial charge is 0.497 e. The van der Waals surface area contributed by atoms with Gasteiger partial charge >= 0.3 is 0 Å². The predicted molar refractivity (Wildman–Crippen MR) is 99.1 cm³/mol. The summed E-state index contributed by atoms with van der Waals surface area (Å²) in [4.78, 5) is 0.685. The minimum absolute atomic E-state index is 0.251. The van der Waals surface area contributed by atoms with Gasteiger partial charge in [-0.15, -0.1) is 0 Å². The fraction of sp³-hybridized carbons (Fsp3) is 0.368. The van der Waals surface area contributed by atoms with Gasteiger partial charge in [0.1, 0.15) is 34.6 Å². The van der Waals surface area contributed by atoms with E-state index in [9.17, 15) is 17.2 Å². The van der Waals surface area contributed by atoms with E-state index in [-0.39, 0.29) is 13.1 Å². The van der Waals surface area contributed by atoms with E-state index in [0.29, 0.717) is 25.7 Å². The third-order valence-corrected chi connectivity index (χ3v) is 6.80. The Bertz CT molecular complexity index is 945. The molecule has 0 bridgehead atoms. The monoisotopic (exact) mass is 413 g/mol. The second kappa shape index (κ2) is 8.42. The number of piperazine rings is 1. The summed E-state index contributed by atoms with van der Waals surface area (Å²) in [6.45, 7) is 2.27. The van der Waals surface area contributed by atoms with Crippen LogP contribution in [0, 0.1) is 11.6 Å². The highest BCUT2D eigenvalue weighted by Crippen LogP contribution is 2.24. The van der Waals surface area contributed by atoms with Crippen LogP contribution in [0.5, 0.6) is 11.5 Å². The molecule has 2 aromatic rings. The summed E-state index contributed by atoms with van der Waals surface area (Å²) in [7, 11) is -0.802. The van der Waals surface area contributed by atoms with Gasteiger partial charge in [0.25, 0.3) is 0 Å². The average molecular weight is 413 g/mol. The minimum atomic E-state index is -4.00. The Morgan fingerprint density at radius 3 is 2.36 bits per heavy atom. The van der Waals surface area contributed by atoms with Crippen molar-refractivity contribution in [3.8, 4) is 11.5 Å². The van der Waals surface area contributed by atoms with E-state index in [1.807, 2.05) is 18.2 Å². The van der Waals surface area contributed by atoms with Crippen molar-refractivity contribution in [1.29, 1.82) is 0 Å². The van der Waals surface area contributed by atoms with E-state index in [0.717, 1.165) is 29.2 Å². The lowest BCUT2D eigenvalue weighted by atomic mass is 10.1. The Morgan fingerprint density at radius 1 is 1.04 bits per heavy atom. The summed E-state index contributed by atoms with van der Waals surface area (Å²) in [5, 5.41) is 0. The van der Waals surface area contributed by atoms with Crippen LogP contribution in [0.4, 0.5) is 8.78 Å². The van der Waals surface area contributed by atoms with Gasteiger partial charge in [-0.2, -0.15) is 4.31 Å². The normalized spacial score (nSPS) is 16.1. The zero-order chi connectivity index (χ0) is 20.3. The van der Waals surface area contributed by atoms with E-state index in [1.54, 1.807) is 14.2 Å². The molecule has 1 aliphatic rings. The Kier molecular flexibility index (Phi) is 6.17. The molecule has 0 saturated carbocycles. The zero-order valence-corrected chi connectivity index (χ0v) is 16.6. The molecule has 0 aliphatic carbocycles. The van der Waals surface area contributed by atoms with Gasteiger partial charge in [0, 0.05) is 6.07 Å². The van der Waals surface area contributed by atoms with E-state index in [2.05, 4.69) is 0 Å². The molecule has 0 radical (unpaired) electrons. The number of quaternary nitrogens is 1. The first-order valence-corrected chi connectivity index (χ1v) is 10.3. The lowest BCUT2D eigenvalue weighted by molar-refractivity contribution is -0.917. The van der Waals surface area contributed by atoms with Crippen LogP contribution in [-0.4, -0.2) is 53.1 Å². The summed E-state index contributed by atoms with van der Waals surface area (Å²) in [5.74, 6) is -0.409. The Morgan fingerprint density at radius 2 is 1.75 bits per heavy atom. The van der Waals surface area contributed by atoms with Gasteiger partial charge in [-0.3, -0.25) is 0 Å². The maximum absolute atomic E-state index is 13.9. The van der Waals surface area contributed by atoms with Crippen molar-refractivity contribution in [3.05, 3.63) is 53.6 Å². The number of methoxy groups -OCH3 is 2. The van der Waals surface area contributed by atoms with Crippen molar-refractivity contribution in [2.75, 3.05) is 40.4 Å². The van der Waals surface area contributed by atoms with Crippen LogP contribution in [0.2, 0.25) is 0 Å². The maximum Gasteiger partial charge on any atom is 0.246 e. The number of nitrogens with one attached hydrogen (secondary N) is 1. The number of nitrogens with zero attached hydrogens (tertiary/aromatic N) is 1. The van der Waals surface area contributed by atoms with Crippen LogP contribution in [-0.2, 0) is 16.6 Å². The van der Waals surface area contributed by atoms with E-state index >= 15 is 0 Å². The molecule has 152 valence electrons. The average Bonchev–Trinajstić information content (AvgIpc) is 2.68. The minimum Gasteiger partial charge on any atom is -0.497 e. The molecule has 0 amide bonds. The van der Waals surface area contributed by atoms with Gasteiger partial charge in [0.05, 0.1) is 46.0 Å². The fourth-order valence-electron chi connectivity index (χ4n) is 3.33. The Labute approximate surface area is 163 Å². The van der Waals surface area contributed by atoms with Crippen molar-refractivity contribution in [1.82, 2.24) is 4.31 Å². The van der Waals surface area contributed by atoms with Crippen LogP contribution in [0.1, 0.15) is 5.56 Å². The number of rotatable bonds is 6. The first-order valence-electron chi connectivity index (χ1n) is 8.85. The second-order valence-corrected chi connectivity index (χ2v) is 8.49. The predicted octanol–water partition coefficient (Wildman–Crippen LogP) is 1.07. The van der Waals surface area contributed by atoms with Crippen LogP contribution >= 0.6 is 0 Å². The summed E-state index contributed by atoms with van der Waals surface area (Å²) in [6, 6.07) is 8.07. The maximum atomic E-state index is 13.9. The molecule has 0 spiro atoms. The fourth-order valence-corrected chi connectivity index (χ4v) is 4.82. The van der Waals surface area contributed by atoms with Gasteiger partial charge in [-0.05, 0) is 30.3 Å². The molecule has 0 aromatic heterocycles. The summed E-state index contributed by atoms with van der Waals surface area (Å²) >= 11 is 0. The van der Waals surface area contributed by atoms with Crippen LogP contribution in [0.25, 0.3) is 0 Å². The molecular formula is C19H23F2N2O4S+. The quantitative estimate of drug-likeness (QED) is 0.770. The summed E-state index contributed by atoms with van der Waals surface area (Å²) in [5.41, 5.74) is 0.970. The smallest absolute Gasteiger partial charge is 0.246 e. The summed E-state index contributed by atoms with van der Waals surface area (Å²) in [6.07, 6.45) is 0. The lowest BCUT2D eigenvalue weighted by Gasteiger charge is -2.31. The molecule has 28 heavy (non-hydrogen) atoms. The Balaban J connectivity index is 1.69. The van der Waals surface area contributed by atoms with Crippen molar-refractivity contribution in [2.24, 2.45) is 0 Å². The number of sulfonamides is 1. The van der Waals surface area contributed by atoms with Gasteiger partial charge in [-0.1, -0.05) is 0 Å². The molecular weight excluding hydrogens is 390 g/mol. The number of hydrogen-bond acceptors (Lipinski definition) is 4. The third-order valence-electron chi connectivity index (χ3n) is 4.87. The topological polar surface area (TPSA) is 60.3 Å². The van der Waals surface area contributed by atoms with Gasteiger partial charge in [-0.25, -0.2) is 17.2 Å². The number of halogens is 2. The van der Waals surface area contributed by atoms with Crippen LogP contribution < -0.4 is 14.4 Å². The highest BCUT2D eigenvalue weighted by Gasteiger charge is 2.32. The molecule has 1 aliphatic heterocycles. The first kappa shape index (κ1) is 20.5. The molecule has 1 N–H and O–H groups in total. The molecule has 9 heteroatoms. The molecule has 2 aromatic carbocycles. The molecule has 0 atom stereocenters. The van der Waals surface area contributed by atoms with Crippen molar-refractivity contribution >= 4 is 10.0 Å². The molecule has 1 saturated heterocycles. The molecule has 1 fully saturated rings. The van der Waals surface area contributed by atoms with E-state index in [1.165, 1.54) is 9.21 Å². The number of ether oxygens (including phenoxy) is 2. The standard InChI is InChI=1S/C19H22F2N2O4S/c1-26-16-4-5-18(27-2)14(11-16)13-22-7-9-23(10-8-22)28(24,25)19-6-3-15(20)12-17(19)21/h3-6,11-12H,7-10,13H2,1-2H3/p+1. The zero-order valence-electron chi connectivity index (χ0n) is 15.7. The highest BCUT2D eigenvalue weighted by molar-refractivity contribution is 7.89. The number of benzene rings is 2. The first-order chi connectivity index (χ1) is 13.3. The van der Waals surface area contributed by atoms with E-state index < -0.39 is 26.6 Å². The van der Waals surface area contributed by atoms with Crippen molar-refractivity contribution < 1.29 is 31.6 Å². The third kappa shape index (κ3) is 4.26. The van der Waals surface area contributed by atoms with Gasteiger partial charge < -0.3 is 14.4 Å². The van der Waals surface area contributed by atoms with Gasteiger partial charge in [0.2, 0.25) is 10.0 Å². The summed E-state index contributed by atoms with van der Waals surface area (Å²) < 4.78 is 64.3. The van der Waals surface area contributed by atoms with Crippen LogP contribution in [0.3, 0.4) is 0 Å². The second-order valence-electron chi connectivity index (χ2n) is 6.58. The van der Waals surface area contributed by atoms with Gasteiger partial charge in [0.15, 0.2) is 0 Å². The molecule has 6 nitrogen and oxygen atoms in total. The van der Waals surface area contributed by atoms with Crippen molar-refractivity contribution in [3.63, 3.8) is 0 Å². The molecule has 3 rings (SSSR count). The highest BCUT2D eigenvalue weighted by atomic mass is 32.2. The molecule has 0 unspecified atom stereocenters.